The van der Waals surface area contributed by atoms with Crippen LogP contribution in [0.25, 0.3) is 11.3 Å². The zero-order valence-electron chi connectivity index (χ0n) is 13.7. The number of aromatic nitrogens is 2. The van der Waals surface area contributed by atoms with E-state index in [0.29, 0.717) is 5.92 Å². The Morgan fingerprint density at radius 3 is 2.29 bits per heavy atom. The van der Waals surface area contributed by atoms with Gasteiger partial charge in [-0.05, 0) is 24.3 Å². The van der Waals surface area contributed by atoms with E-state index in [1.54, 1.807) is 0 Å². The van der Waals surface area contributed by atoms with Gasteiger partial charge in [-0.2, -0.15) is 0 Å². The summed E-state index contributed by atoms with van der Waals surface area (Å²) in [6.07, 6.45) is 3.14. The molecule has 0 fully saturated rings. The van der Waals surface area contributed by atoms with Crippen LogP contribution in [0.2, 0.25) is 0 Å². The third-order valence-electron chi connectivity index (χ3n) is 3.86. The van der Waals surface area contributed by atoms with Crippen molar-refractivity contribution in [2.24, 2.45) is 0 Å². The lowest BCUT2D eigenvalue weighted by molar-refractivity contribution is 0.637. The quantitative estimate of drug-likeness (QED) is 0.841. The van der Waals surface area contributed by atoms with E-state index < -0.39 is 0 Å². The number of aryl methyl sites for hydroxylation is 1. The summed E-state index contributed by atoms with van der Waals surface area (Å²) in [5, 5.41) is 0. The molecule has 0 amide bonds. The predicted octanol–water partition coefficient (Wildman–Crippen LogP) is 4.62. The molecule has 2 aromatic rings. The third-order valence-corrected chi connectivity index (χ3v) is 3.86. The minimum atomic E-state index is 0.546. The van der Waals surface area contributed by atoms with Crippen LogP contribution in [0.1, 0.15) is 57.8 Å². The van der Waals surface area contributed by atoms with Gasteiger partial charge in [0.15, 0.2) is 0 Å². The van der Waals surface area contributed by atoms with Crippen LogP contribution in [-0.4, -0.2) is 9.55 Å². The van der Waals surface area contributed by atoms with Crippen molar-refractivity contribution in [2.45, 2.75) is 59.4 Å². The Labute approximate surface area is 128 Å². The lowest BCUT2D eigenvalue weighted by Gasteiger charge is -2.08. The van der Waals surface area contributed by atoms with Gasteiger partial charge in [-0.3, -0.25) is 0 Å². The Balaban J connectivity index is 2.41. The molecule has 1 aromatic carbocycles. The molecular weight excluding hydrogens is 258 g/mol. The molecule has 0 atom stereocenters. The monoisotopic (exact) mass is 285 g/mol. The van der Waals surface area contributed by atoms with Gasteiger partial charge in [0.1, 0.15) is 17.3 Å². The predicted molar refractivity (Wildman–Crippen MR) is 90.5 cm³/mol. The fourth-order valence-corrected chi connectivity index (χ4v) is 2.64. The van der Waals surface area contributed by atoms with E-state index in [9.17, 15) is 0 Å². The van der Waals surface area contributed by atoms with Crippen LogP contribution >= 0.6 is 0 Å². The molecule has 114 valence electrons. The molecule has 1 heterocycles. The molecule has 2 rings (SSSR count). The Kier molecular flexibility index (Phi) is 5.05. The normalized spacial score (nSPS) is 11.3. The molecule has 0 unspecified atom stereocenters. The van der Waals surface area contributed by atoms with Crippen molar-refractivity contribution >= 4 is 5.82 Å². The Morgan fingerprint density at radius 1 is 1.10 bits per heavy atom. The summed E-state index contributed by atoms with van der Waals surface area (Å²) in [4.78, 5) is 4.80. The number of hydrogen-bond donors (Lipinski definition) is 1. The molecule has 21 heavy (non-hydrogen) atoms. The van der Waals surface area contributed by atoms with E-state index in [0.717, 1.165) is 48.7 Å². The van der Waals surface area contributed by atoms with E-state index in [1.165, 1.54) is 5.56 Å². The summed E-state index contributed by atoms with van der Waals surface area (Å²) in [7, 11) is 0. The standard InChI is InChI=1S/C18H27N3/c1-5-7-16-20-17(18(19)21(16)12-6-2)15-10-8-14(9-11-15)13(3)4/h8-11,13H,5-7,12,19H2,1-4H3. The lowest BCUT2D eigenvalue weighted by atomic mass is 10.0. The highest BCUT2D eigenvalue weighted by Gasteiger charge is 2.15. The second kappa shape index (κ2) is 6.79. The largest absolute Gasteiger partial charge is 0.383 e. The van der Waals surface area contributed by atoms with Gasteiger partial charge in [-0.25, -0.2) is 4.98 Å². The molecule has 0 bridgehead atoms. The summed E-state index contributed by atoms with van der Waals surface area (Å²) in [6, 6.07) is 8.63. The second-order valence-corrected chi connectivity index (χ2v) is 5.94. The van der Waals surface area contributed by atoms with Crippen LogP contribution in [0, 0.1) is 0 Å². The average molecular weight is 285 g/mol. The van der Waals surface area contributed by atoms with Crippen molar-refractivity contribution in [3.05, 3.63) is 35.7 Å². The van der Waals surface area contributed by atoms with Crippen LogP contribution < -0.4 is 5.73 Å². The van der Waals surface area contributed by atoms with Gasteiger partial charge in [-0.1, -0.05) is 52.0 Å². The molecule has 0 saturated heterocycles. The minimum absolute atomic E-state index is 0.546. The Morgan fingerprint density at radius 2 is 1.76 bits per heavy atom. The molecule has 0 spiro atoms. The van der Waals surface area contributed by atoms with Gasteiger partial charge in [0.05, 0.1) is 0 Å². The number of rotatable bonds is 6. The van der Waals surface area contributed by atoms with Crippen LogP contribution in [0.4, 0.5) is 5.82 Å². The Hall–Kier alpha value is -1.77. The second-order valence-electron chi connectivity index (χ2n) is 5.94. The average Bonchev–Trinajstić information content (AvgIpc) is 2.77. The number of hydrogen-bond acceptors (Lipinski definition) is 2. The molecule has 2 N–H and O–H groups in total. The Bertz CT molecular complexity index is 579. The maximum Gasteiger partial charge on any atom is 0.131 e. The smallest absolute Gasteiger partial charge is 0.131 e. The van der Waals surface area contributed by atoms with Crippen LogP contribution in [0.5, 0.6) is 0 Å². The van der Waals surface area contributed by atoms with Crippen molar-refractivity contribution in [3.8, 4) is 11.3 Å². The van der Waals surface area contributed by atoms with E-state index in [4.69, 9.17) is 10.7 Å². The summed E-state index contributed by atoms with van der Waals surface area (Å²) in [5.74, 6) is 2.46. The zero-order valence-corrected chi connectivity index (χ0v) is 13.7. The number of anilines is 1. The maximum atomic E-state index is 6.35. The lowest BCUT2D eigenvalue weighted by Crippen LogP contribution is -2.06. The number of benzene rings is 1. The SMILES string of the molecule is CCCc1nc(-c2ccc(C(C)C)cc2)c(N)n1CCC. The summed E-state index contributed by atoms with van der Waals surface area (Å²) in [5.41, 5.74) is 9.74. The van der Waals surface area contributed by atoms with Crippen molar-refractivity contribution in [1.29, 1.82) is 0 Å². The summed E-state index contributed by atoms with van der Waals surface area (Å²) < 4.78 is 2.18. The molecule has 1 aromatic heterocycles. The first-order chi connectivity index (χ1) is 10.1. The third kappa shape index (κ3) is 3.29. The van der Waals surface area contributed by atoms with E-state index >= 15 is 0 Å². The number of imidazole rings is 1. The molecule has 3 nitrogen and oxygen atoms in total. The van der Waals surface area contributed by atoms with Crippen molar-refractivity contribution in [1.82, 2.24) is 9.55 Å². The molecule has 0 aliphatic carbocycles. The molecule has 3 heteroatoms. The first kappa shape index (κ1) is 15.6. The van der Waals surface area contributed by atoms with Gasteiger partial charge in [-0.15, -0.1) is 0 Å². The molecular formula is C18H27N3. The highest BCUT2D eigenvalue weighted by molar-refractivity contribution is 5.71. The van der Waals surface area contributed by atoms with Gasteiger partial charge in [0.2, 0.25) is 0 Å². The number of nitrogens with zero attached hydrogens (tertiary/aromatic N) is 2. The van der Waals surface area contributed by atoms with Crippen molar-refractivity contribution in [2.75, 3.05) is 5.73 Å². The van der Waals surface area contributed by atoms with E-state index in [1.807, 2.05) is 0 Å². The van der Waals surface area contributed by atoms with Gasteiger partial charge in [0.25, 0.3) is 0 Å². The number of nitrogen functional groups attached to an aromatic ring is 1. The number of nitrogens with two attached hydrogens (primary N) is 1. The summed E-state index contributed by atoms with van der Waals surface area (Å²) >= 11 is 0. The summed E-state index contributed by atoms with van der Waals surface area (Å²) in [6.45, 7) is 9.71. The first-order valence-corrected chi connectivity index (χ1v) is 8.03. The zero-order chi connectivity index (χ0) is 15.4. The highest BCUT2D eigenvalue weighted by Crippen LogP contribution is 2.28. The van der Waals surface area contributed by atoms with E-state index in [-0.39, 0.29) is 0 Å². The topological polar surface area (TPSA) is 43.8 Å². The molecule has 0 radical (unpaired) electrons. The first-order valence-electron chi connectivity index (χ1n) is 8.03. The minimum Gasteiger partial charge on any atom is -0.383 e. The molecule has 0 aliphatic heterocycles. The fourth-order valence-electron chi connectivity index (χ4n) is 2.64. The van der Waals surface area contributed by atoms with Gasteiger partial charge in [0, 0.05) is 18.5 Å². The van der Waals surface area contributed by atoms with Crippen molar-refractivity contribution in [3.63, 3.8) is 0 Å². The van der Waals surface area contributed by atoms with Gasteiger partial charge >= 0.3 is 0 Å². The van der Waals surface area contributed by atoms with Crippen LogP contribution in [0.3, 0.4) is 0 Å². The highest BCUT2D eigenvalue weighted by atomic mass is 15.1. The van der Waals surface area contributed by atoms with Crippen LogP contribution in [0.15, 0.2) is 24.3 Å². The van der Waals surface area contributed by atoms with Crippen molar-refractivity contribution < 1.29 is 0 Å². The fraction of sp³-hybridized carbons (Fsp3) is 0.500. The van der Waals surface area contributed by atoms with Crippen LogP contribution in [-0.2, 0) is 13.0 Å². The molecule has 0 aliphatic rings. The van der Waals surface area contributed by atoms with E-state index in [2.05, 4.69) is 56.5 Å². The molecule has 0 saturated carbocycles. The van der Waals surface area contributed by atoms with Gasteiger partial charge < -0.3 is 10.3 Å². The maximum absolute atomic E-state index is 6.35.